The predicted molar refractivity (Wildman–Crippen MR) is 99.6 cm³/mol. The third-order valence-corrected chi connectivity index (χ3v) is 4.45. The number of ether oxygens (including phenoxy) is 1. The van der Waals surface area contributed by atoms with Crippen LogP contribution >= 0.6 is 11.6 Å². The van der Waals surface area contributed by atoms with E-state index in [4.69, 9.17) is 21.2 Å². The first-order chi connectivity index (χ1) is 12.6. The van der Waals surface area contributed by atoms with Crippen molar-refractivity contribution in [3.8, 4) is 0 Å². The molecule has 6 heteroatoms. The first-order valence-corrected chi connectivity index (χ1v) is 8.86. The summed E-state index contributed by atoms with van der Waals surface area (Å²) >= 11 is 6.04. The molecule has 0 fully saturated rings. The first kappa shape index (κ1) is 18.4. The molecule has 5 nitrogen and oxygen atoms in total. The summed E-state index contributed by atoms with van der Waals surface area (Å²) in [7, 11) is 0. The van der Waals surface area contributed by atoms with Crippen LogP contribution in [0.3, 0.4) is 0 Å². The minimum absolute atomic E-state index is 0.164. The number of hydrogen-bond acceptors (Lipinski definition) is 4. The smallest absolute Gasteiger partial charge is 0.333 e. The van der Waals surface area contributed by atoms with Crippen molar-refractivity contribution in [1.82, 2.24) is 0 Å². The van der Waals surface area contributed by atoms with Crippen molar-refractivity contribution in [2.75, 3.05) is 6.61 Å². The van der Waals surface area contributed by atoms with Gasteiger partial charge in [0.25, 0.3) is 0 Å². The lowest BCUT2D eigenvalue weighted by Gasteiger charge is -2.13. The zero-order valence-corrected chi connectivity index (χ0v) is 15.1. The van der Waals surface area contributed by atoms with Crippen LogP contribution < -0.4 is 0 Å². The maximum absolute atomic E-state index is 11.3. The molecule has 1 aliphatic rings. The van der Waals surface area contributed by atoms with E-state index in [2.05, 4.69) is 5.16 Å². The Bertz CT molecular complexity index is 821. The van der Waals surface area contributed by atoms with Crippen LogP contribution in [0.2, 0.25) is 5.02 Å². The molecular formula is C20H20ClNO4. The molecular weight excluding hydrogens is 354 g/mol. The Kier molecular flexibility index (Phi) is 5.91. The summed E-state index contributed by atoms with van der Waals surface area (Å²) in [6.45, 7) is 2.14. The molecule has 0 spiro atoms. The average molecular weight is 374 g/mol. The second-order valence-electron chi connectivity index (χ2n) is 6.08. The SMILES string of the molecule is CCOC(Cc1cccc(C2=NOC(c3cccc(Cl)c3)C2)c1)C(=O)O. The molecule has 26 heavy (non-hydrogen) atoms. The topological polar surface area (TPSA) is 68.1 Å². The van der Waals surface area contributed by atoms with E-state index in [1.807, 2.05) is 48.5 Å². The van der Waals surface area contributed by atoms with Crippen LogP contribution in [-0.2, 0) is 20.8 Å². The summed E-state index contributed by atoms with van der Waals surface area (Å²) in [6.07, 6.45) is -0.0701. The van der Waals surface area contributed by atoms with Crippen LogP contribution in [-0.4, -0.2) is 29.5 Å². The van der Waals surface area contributed by atoms with Gasteiger partial charge in [-0.3, -0.25) is 0 Å². The van der Waals surface area contributed by atoms with Crippen LogP contribution in [0.1, 0.15) is 36.1 Å². The first-order valence-electron chi connectivity index (χ1n) is 8.48. The quantitative estimate of drug-likeness (QED) is 0.788. The van der Waals surface area contributed by atoms with E-state index >= 15 is 0 Å². The normalized spacial score (nSPS) is 17.5. The van der Waals surface area contributed by atoms with Crippen LogP contribution in [0.25, 0.3) is 0 Å². The largest absolute Gasteiger partial charge is 0.479 e. The molecule has 2 aromatic carbocycles. The van der Waals surface area contributed by atoms with Gasteiger partial charge in [0.05, 0.1) is 5.71 Å². The Morgan fingerprint density at radius 2 is 2.15 bits per heavy atom. The van der Waals surface area contributed by atoms with Gasteiger partial charge >= 0.3 is 5.97 Å². The van der Waals surface area contributed by atoms with Crippen LogP contribution in [0.15, 0.2) is 53.7 Å². The molecule has 2 unspecified atom stereocenters. The van der Waals surface area contributed by atoms with Gasteiger partial charge in [-0.25, -0.2) is 4.79 Å². The zero-order valence-electron chi connectivity index (χ0n) is 14.4. The molecule has 2 aromatic rings. The molecule has 1 N–H and O–H groups in total. The van der Waals surface area contributed by atoms with E-state index in [0.717, 1.165) is 22.4 Å². The molecule has 0 saturated heterocycles. The number of nitrogens with zero attached hydrogens (tertiary/aromatic N) is 1. The standard InChI is InChI=1S/C20H20ClNO4/c1-2-25-19(20(23)24)10-13-5-3-6-14(9-13)17-12-18(26-22-17)15-7-4-8-16(21)11-15/h3-9,11,18-19H,2,10,12H2,1H3,(H,23,24). The highest BCUT2D eigenvalue weighted by Gasteiger charge is 2.25. The number of carboxylic acids is 1. The van der Waals surface area contributed by atoms with E-state index in [1.54, 1.807) is 6.92 Å². The highest BCUT2D eigenvalue weighted by molar-refractivity contribution is 6.30. The fourth-order valence-corrected chi connectivity index (χ4v) is 3.14. The van der Waals surface area contributed by atoms with Crippen molar-refractivity contribution < 1.29 is 19.5 Å². The van der Waals surface area contributed by atoms with Crippen molar-refractivity contribution in [1.29, 1.82) is 0 Å². The van der Waals surface area contributed by atoms with E-state index in [9.17, 15) is 9.90 Å². The predicted octanol–water partition coefficient (Wildman–Crippen LogP) is 4.24. The van der Waals surface area contributed by atoms with E-state index in [1.165, 1.54) is 0 Å². The Hall–Kier alpha value is -2.37. The van der Waals surface area contributed by atoms with Gasteiger partial charge < -0.3 is 14.7 Å². The number of carboxylic acid groups (broad SMARTS) is 1. The average Bonchev–Trinajstić information content (AvgIpc) is 3.12. The van der Waals surface area contributed by atoms with Gasteiger partial charge in [-0.1, -0.05) is 47.1 Å². The third-order valence-electron chi connectivity index (χ3n) is 4.21. The highest BCUT2D eigenvalue weighted by Crippen LogP contribution is 2.31. The molecule has 3 rings (SSSR count). The van der Waals surface area contributed by atoms with Gasteiger partial charge in [-0.2, -0.15) is 0 Å². The fraction of sp³-hybridized carbons (Fsp3) is 0.300. The number of rotatable bonds is 7. The van der Waals surface area contributed by atoms with Crippen LogP contribution in [0.5, 0.6) is 0 Å². The molecule has 0 aromatic heterocycles. The zero-order chi connectivity index (χ0) is 18.5. The van der Waals surface area contributed by atoms with Crippen LogP contribution in [0, 0.1) is 0 Å². The Balaban J connectivity index is 1.71. The molecule has 0 radical (unpaired) electrons. The number of carbonyl (C=O) groups is 1. The molecule has 136 valence electrons. The van der Waals surface area contributed by atoms with E-state index < -0.39 is 12.1 Å². The number of aliphatic carboxylic acids is 1. The van der Waals surface area contributed by atoms with E-state index in [-0.39, 0.29) is 6.10 Å². The Morgan fingerprint density at radius 1 is 1.35 bits per heavy atom. The number of halogens is 1. The van der Waals surface area contributed by atoms with Gasteiger partial charge in [0, 0.05) is 24.5 Å². The monoisotopic (exact) mass is 373 g/mol. The summed E-state index contributed by atoms with van der Waals surface area (Å²) in [6, 6.07) is 15.2. The summed E-state index contributed by atoms with van der Waals surface area (Å²) < 4.78 is 5.29. The van der Waals surface area contributed by atoms with Gasteiger partial charge in [0.2, 0.25) is 0 Å². The third kappa shape index (κ3) is 4.42. The minimum Gasteiger partial charge on any atom is -0.479 e. The van der Waals surface area contributed by atoms with Gasteiger partial charge in [0.15, 0.2) is 12.2 Å². The number of oxime groups is 1. The van der Waals surface area contributed by atoms with Crippen molar-refractivity contribution in [3.63, 3.8) is 0 Å². The maximum Gasteiger partial charge on any atom is 0.333 e. The number of hydrogen-bond donors (Lipinski definition) is 1. The van der Waals surface area contributed by atoms with Crippen LogP contribution in [0.4, 0.5) is 0 Å². The van der Waals surface area contributed by atoms with Crippen molar-refractivity contribution in [3.05, 3.63) is 70.2 Å². The van der Waals surface area contributed by atoms with Gasteiger partial charge in [0.1, 0.15) is 0 Å². The highest BCUT2D eigenvalue weighted by atomic mass is 35.5. The van der Waals surface area contributed by atoms with E-state index in [0.29, 0.717) is 24.5 Å². The fourth-order valence-electron chi connectivity index (χ4n) is 2.94. The summed E-state index contributed by atoms with van der Waals surface area (Å²) in [4.78, 5) is 16.9. The Labute approximate surface area is 157 Å². The summed E-state index contributed by atoms with van der Waals surface area (Å²) in [5.74, 6) is -0.959. The lowest BCUT2D eigenvalue weighted by Crippen LogP contribution is -2.26. The molecule has 1 heterocycles. The number of benzene rings is 2. The lowest BCUT2D eigenvalue weighted by atomic mass is 9.97. The van der Waals surface area contributed by atoms with Crippen molar-refractivity contribution in [2.45, 2.75) is 32.0 Å². The Morgan fingerprint density at radius 3 is 2.88 bits per heavy atom. The second-order valence-corrected chi connectivity index (χ2v) is 6.51. The summed E-state index contributed by atoms with van der Waals surface area (Å²) in [5.41, 5.74) is 3.62. The molecule has 0 amide bonds. The molecule has 2 atom stereocenters. The maximum atomic E-state index is 11.3. The molecule has 0 saturated carbocycles. The van der Waals surface area contributed by atoms with Gasteiger partial charge in [-0.15, -0.1) is 0 Å². The second kappa shape index (κ2) is 8.34. The van der Waals surface area contributed by atoms with Crippen molar-refractivity contribution >= 4 is 23.3 Å². The summed E-state index contributed by atoms with van der Waals surface area (Å²) in [5, 5.41) is 14.1. The van der Waals surface area contributed by atoms with Crippen molar-refractivity contribution in [2.24, 2.45) is 5.16 Å². The molecule has 1 aliphatic heterocycles. The molecule has 0 bridgehead atoms. The van der Waals surface area contributed by atoms with Gasteiger partial charge in [-0.05, 0) is 41.8 Å². The minimum atomic E-state index is -0.959. The lowest BCUT2D eigenvalue weighted by molar-refractivity contribution is -0.149. The molecule has 0 aliphatic carbocycles.